The van der Waals surface area contributed by atoms with Crippen LogP contribution in [0, 0.1) is 0 Å². The Morgan fingerprint density at radius 3 is 0.727 bits per heavy atom. The highest BCUT2D eigenvalue weighted by atomic mass is 16.6. The maximum atomic E-state index is 12.9. The van der Waals surface area contributed by atoms with Crippen LogP contribution in [-0.2, 0) is 28.6 Å². The van der Waals surface area contributed by atoms with Gasteiger partial charge in [-0.25, -0.2) is 0 Å². The molecule has 0 amide bonds. The van der Waals surface area contributed by atoms with E-state index in [2.05, 4.69) is 81.5 Å². The topological polar surface area (TPSA) is 78.9 Å². The summed E-state index contributed by atoms with van der Waals surface area (Å²) in [6, 6.07) is 0. The molecule has 0 fully saturated rings. The summed E-state index contributed by atoms with van der Waals surface area (Å²) in [6.45, 7) is 6.66. The van der Waals surface area contributed by atoms with Gasteiger partial charge in [-0.2, -0.15) is 0 Å². The van der Waals surface area contributed by atoms with Gasteiger partial charge in [-0.15, -0.1) is 0 Å². The van der Waals surface area contributed by atoms with E-state index < -0.39 is 6.10 Å². The van der Waals surface area contributed by atoms with Crippen LogP contribution in [0.5, 0.6) is 0 Å². The number of hydrogen-bond donors (Lipinski definition) is 0. The minimum Gasteiger partial charge on any atom is -0.462 e. The van der Waals surface area contributed by atoms with Gasteiger partial charge in [0.1, 0.15) is 13.2 Å². The summed E-state index contributed by atoms with van der Waals surface area (Å²) in [5.74, 6) is -0.863. The predicted octanol–water partition coefficient (Wildman–Crippen LogP) is 23.1. The zero-order chi connectivity index (χ0) is 55.7. The average molecular weight is 1080 g/mol. The minimum absolute atomic E-state index is 0.0738. The van der Waals surface area contributed by atoms with Crippen molar-refractivity contribution in [2.45, 2.75) is 361 Å². The standard InChI is InChI=1S/C71H128O6/c1-4-7-10-13-16-19-22-25-27-29-31-33-35-37-39-41-43-46-49-52-55-58-61-64-70(73)76-67-68(66-75-69(72)63-60-57-54-51-48-45-24-21-18-15-12-9-6-3)77-71(74)65-62-59-56-53-50-47-44-42-40-38-36-34-32-30-28-26-23-20-17-14-11-8-5-2/h22-23,25-26,29-32,35,37,68H,4-21,24,27-28,33-34,36,38-67H2,1-3H3/b25-22-,26-23-,31-29-,32-30-,37-35-. The first kappa shape index (κ1) is 74.1. The van der Waals surface area contributed by atoms with Crippen molar-refractivity contribution in [3.8, 4) is 0 Å². The molecule has 0 aliphatic heterocycles. The van der Waals surface area contributed by atoms with E-state index >= 15 is 0 Å². The lowest BCUT2D eigenvalue weighted by Gasteiger charge is -2.18. The Kier molecular flexibility index (Phi) is 63.2. The first-order valence-corrected chi connectivity index (χ1v) is 33.8. The van der Waals surface area contributed by atoms with E-state index in [1.54, 1.807) is 0 Å². The molecule has 0 heterocycles. The van der Waals surface area contributed by atoms with Gasteiger partial charge in [-0.1, -0.05) is 306 Å². The maximum Gasteiger partial charge on any atom is 0.306 e. The third-order valence-electron chi connectivity index (χ3n) is 15.0. The Balaban J connectivity index is 4.31. The van der Waals surface area contributed by atoms with Gasteiger partial charge in [0.05, 0.1) is 0 Å². The minimum atomic E-state index is -0.778. The number of rotatable bonds is 62. The highest BCUT2D eigenvalue weighted by Crippen LogP contribution is 2.17. The molecule has 1 atom stereocenters. The molecule has 0 N–H and O–H groups in total. The molecular weight excluding hydrogens is 949 g/mol. The van der Waals surface area contributed by atoms with Gasteiger partial charge in [-0.05, 0) is 89.9 Å². The normalized spacial score (nSPS) is 12.4. The Bertz CT molecular complexity index is 1380. The van der Waals surface area contributed by atoms with Gasteiger partial charge < -0.3 is 14.2 Å². The van der Waals surface area contributed by atoms with Crippen LogP contribution in [-0.4, -0.2) is 37.2 Å². The zero-order valence-electron chi connectivity index (χ0n) is 51.5. The molecule has 0 rings (SSSR count). The SMILES string of the molecule is CCCCCCC/C=C\C/C=C\C/C=C\CCCCCCCCCCC(=O)OCC(COC(=O)CCCCCCCCCCCCCCC)OC(=O)CCCCCCCCCCCCC/C=C\C/C=C\CCCCCCC. The highest BCUT2D eigenvalue weighted by Gasteiger charge is 2.19. The van der Waals surface area contributed by atoms with Gasteiger partial charge in [0.25, 0.3) is 0 Å². The Hall–Kier alpha value is -2.89. The number of carbonyl (C=O) groups excluding carboxylic acids is 3. The summed E-state index contributed by atoms with van der Waals surface area (Å²) in [5, 5.41) is 0. The van der Waals surface area contributed by atoms with Gasteiger partial charge in [-0.3, -0.25) is 14.4 Å². The van der Waals surface area contributed by atoms with Gasteiger partial charge >= 0.3 is 17.9 Å². The van der Waals surface area contributed by atoms with Crippen molar-refractivity contribution in [1.29, 1.82) is 0 Å². The molecule has 0 aliphatic rings. The summed E-state index contributed by atoms with van der Waals surface area (Å²) in [6.07, 6.45) is 83.7. The second-order valence-electron chi connectivity index (χ2n) is 22.7. The van der Waals surface area contributed by atoms with Crippen molar-refractivity contribution in [3.05, 3.63) is 60.8 Å². The summed E-state index contributed by atoms with van der Waals surface area (Å²) in [4.78, 5) is 38.4. The van der Waals surface area contributed by atoms with Crippen molar-refractivity contribution in [2.75, 3.05) is 13.2 Å². The number of ether oxygens (including phenoxy) is 3. The summed E-state index contributed by atoms with van der Waals surface area (Å²) < 4.78 is 17.0. The fourth-order valence-electron chi connectivity index (χ4n) is 9.89. The lowest BCUT2D eigenvalue weighted by atomic mass is 10.0. The Morgan fingerprint density at radius 1 is 0.260 bits per heavy atom. The first-order valence-electron chi connectivity index (χ1n) is 33.8. The zero-order valence-corrected chi connectivity index (χ0v) is 51.5. The predicted molar refractivity (Wildman–Crippen MR) is 335 cm³/mol. The fraction of sp³-hybridized carbons (Fsp3) is 0.817. The largest absolute Gasteiger partial charge is 0.462 e. The van der Waals surface area contributed by atoms with Crippen molar-refractivity contribution >= 4 is 17.9 Å². The Labute approximate surface area is 479 Å². The molecule has 6 nitrogen and oxygen atoms in total. The molecule has 0 spiro atoms. The van der Waals surface area contributed by atoms with Crippen LogP contribution in [0.4, 0.5) is 0 Å². The molecule has 448 valence electrons. The van der Waals surface area contributed by atoms with E-state index in [1.807, 2.05) is 0 Å². The maximum absolute atomic E-state index is 12.9. The van der Waals surface area contributed by atoms with Crippen LogP contribution >= 0.6 is 0 Å². The van der Waals surface area contributed by atoms with Crippen molar-refractivity contribution in [2.24, 2.45) is 0 Å². The summed E-state index contributed by atoms with van der Waals surface area (Å²) >= 11 is 0. The lowest BCUT2D eigenvalue weighted by Crippen LogP contribution is -2.30. The van der Waals surface area contributed by atoms with Crippen LogP contribution < -0.4 is 0 Å². The summed E-state index contributed by atoms with van der Waals surface area (Å²) in [5.41, 5.74) is 0. The number of hydrogen-bond acceptors (Lipinski definition) is 6. The van der Waals surface area contributed by atoms with E-state index in [0.29, 0.717) is 19.3 Å². The number of carbonyl (C=O) groups is 3. The molecular formula is C71H128O6. The van der Waals surface area contributed by atoms with Gasteiger partial charge in [0.2, 0.25) is 0 Å². The van der Waals surface area contributed by atoms with E-state index in [0.717, 1.165) is 83.5 Å². The highest BCUT2D eigenvalue weighted by molar-refractivity contribution is 5.71. The summed E-state index contributed by atoms with van der Waals surface area (Å²) in [7, 11) is 0. The molecule has 0 aliphatic carbocycles. The molecule has 0 saturated heterocycles. The molecule has 0 aromatic rings. The lowest BCUT2D eigenvalue weighted by molar-refractivity contribution is -0.167. The van der Waals surface area contributed by atoms with Crippen molar-refractivity contribution in [1.82, 2.24) is 0 Å². The van der Waals surface area contributed by atoms with Crippen LogP contribution in [0.2, 0.25) is 0 Å². The van der Waals surface area contributed by atoms with Gasteiger partial charge in [0.15, 0.2) is 6.10 Å². The first-order chi connectivity index (χ1) is 38.0. The van der Waals surface area contributed by atoms with Crippen LogP contribution in [0.25, 0.3) is 0 Å². The average Bonchev–Trinajstić information content (AvgIpc) is 3.43. The second kappa shape index (κ2) is 65.6. The van der Waals surface area contributed by atoms with Gasteiger partial charge in [0, 0.05) is 19.3 Å². The smallest absolute Gasteiger partial charge is 0.306 e. The monoisotopic (exact) mass is 1080 g/mol. The van der Waals surface area contributed by atoms with Crippen molar-refractivity contribution in [3.63, 3.8) is 0 Å². The third kappa shape index (κ3) is 63.8. The van der Waals surface area contributed by atoms with E-state index in [1.165, 1.54) is 231 Å². The van der Waals surface area contributed by atoms with Crippen LogP contribution in [0.15, 0.2) is 60.8 Å². The molecule has 0 aromatic heterocycles. The van der Waals surface area contributed by atoms with Crippen LogP contribution in [0.3, 0.4) is 0 Å². The Morgan fingerprint density at radius 2 is 0.468 bits per heavy atom. The number of unbranched alkanes of at least 4 members (excludes halogenated alkanes) is 41. The molecule has 0 saturated carbocycles. The molecule has 1 unspecified atom stereocenters. The molecule has 0 bridgehead atoms. The van der Waals surface area contributed by atoms with E-state index in [9.17, 15) is 14.4 Å². The number of allylic oxidation sites excluding steroid dienone is 10. The molecule has 6 heteroatoms. The molecule has 0 aromatic carbocycles. The van der Waals surface area contributed by atoms with Crippen molar-refractivity contribution < 1.29 is 28.6 Å². The van der Waals surface area contributed by atoms with E-state index in [4.69, 9.17) is 14.2 Å². The quantitative estimate of drug-likeness (QED) is 0.0261. The van der Waals surface area contributed by atoms with E-state index in [-0.39, 0.29) is 31.1 Å². The van der Waals surface area contributed by atoms with Crippen LogP contribution in [0.1, 0.15) is 355 Å². The third-order valence-corrected chi connectivity index (χ3v) is 15.0. The number of esters is 3. The molecule has 0 radical (unpaired) electrons. The fourth-order valence-corrected chi connectivity index (χ4v) is 9.89. The molecule has 77 heavy (non-hydrogen) atoms. The second-order valence-corrected chi connectivity index (χ2v) is 22.7.